The van der Waals surface area contributed by atoms with E-state index in [0.29, 0.717) is 28.9 Å². The van der Waals surface area contributed by atoms with Crippen molar-refractivity contribution in [3.05, 3.63) is 57.8 Å². The lowest BCUT2D eigenvalue weighted by atomic mass is 9.97. The van der Waals surface area contributed by atoms with Gasteiger partial charge in [0.25, 0.3) is 0 Å². The lowest BCUT2D eigenvalue weighted by Gasteiger charge is -2.35. The van der Waals surface area contributed by atoms with Gasteiger partial charge in [-0.3, -0.25) is 4.79 Å². The molecule has 0 N–H and O–H groups in total. The summed E-state index contributed by atoms with van der Waals surface area (Å²) in [5.74, 6) is 0.466. The molecule has 1 atom stereocenters. The highest BCUT2D eigenvalue weighted by molar-refractivity contribution is 6.30. The third-order valence-electron chi connectivity index (χ3n) is 5.95. The number of likely N-dealkylation sites (tertiary alicyclic amines) is 1. The van der Waals surface area contributed by atoms with Gasteiger partial charge in [-0.2, -0.15) is 0 Å². The second kappa shape index (κ2) is 8.25. The maximum atomic E-state index is 13.3. The zero-order valence-electron chi connectivity index (χ0n) is 17.3. The number of piperidine rings is 1. The van der Waals surface area contributed by atoms with Crippen molar-refractivity contribution in [3.8, 4) is 11.1 Å². The van der Waals surface area contributed by atoms with Crippen molar-refractivity contribution in [2.45, 2.75) is 39.3 Å². The first kappa shape index (κ1) is 20.0. The smallest absolute Gasteiger partial charge is 0.301 e. The van der Waals surface area contributed by atoms with E-state index in [0.717, 1.165) is 36.2 Å². The number of aryl methyl sites for hydroxylation is 1. The van der Waals surface area contributed by atoms with Crippen molar-refractivity contribution in [2.24, 2.45) is 13.0 Å². The molecule has 29 heavy (non-hydrogen) atoms. The molecule has 0 bridgehead atoms. The van der Waals surface area contributed by atoms with Crippen LogP contribution in [-0.2, 0) is 13.6 Å². The van der Waals surface area contributed by atoms with E-state index in [1.54, 1.807) is 9.48 Å². The molecule has 1 saturated heterocycles. The molecule has 152 valence electrons. The molecule has 0 radical (unpaired) electrons. The number of nitrogens with zero attached hydrogens (tertiary/aromatic N) is 4. The fraction of sp³-hybridized carbons (Fsp3) is 0.435. The Labute approximate surface area is 176 Å². The quantitative estimate of drug-likeness (QED) is 0.615. The molecule has 6 heteroatoms. The van der Waals surface area contributed by atoms with Gasteiger partial charge in [0.05, 0.1) is 11.9 Å². The fourth-order valence-electron chi connectivity index (χ4n) is 4.26. The molecule has 5 nitrogen and oxygen atoms in total. The number of benzene rings is 2. The molecule has 2 heterocycles. The summed E-state index contributed by atoms with van der Waals surface area (Å²) in [7, 11) is 1.86. The summed E-state index contributed by atoms with van der Waals surface area (Å²) in [6.07, 6.45) is 2.33. The Hall–Kier alpha value is -2.24. The Balaban J connectivity index is 1.69. The summed E-state index contributed by atoms with van der Waals surface area (Å²) in [6.45, 7) is 7.37. The summed E-state index contributed by atoms with van der Waals surface area (Å²) in [5, 5.41) is 6.01. The van der Waals surface area contributed by atoms with Gasteiger partial charge < -0.3 is 4.90 Å². The molecule has 1 aliphatic heterocycles. The molecule has 1 fully saturated rings. The molecular weight excluding hydrogens is 384 g/mol. The maximum absolute atomic E-state index is 13.3. The van der Waals surface area contributed by atoms with Gasteiger partial charge in [-0.1, -0.05) is 34.5 Å². The average Bonchev–Trinajstić information content (AvgIpc) is 2.72. The molecule has 0 unspecified atom stereocenters. The Morgan fingerprint density at radius 1 is 1.17 bits per heavy atom. The largest absolute Gasteiger partial charge is 0.312 e. The predicted octanol–water partition coefficient (Wildman–Crippen LogP) is 3.66. The lowest BCUT2D eigenvalue weighted by Crippen LogP contribution is -2.54. The molecular formula is C23H28ClN4O+. The zero-order chi connectivity index (χ0) is 20.5. The van der Waals surface area contributed by atoms with E-state index in [9.17, 15) is 4.79 Å². The first-order valence-electron chi connectivity index (χ1n) is 10.3. The molecule has 0 amide bonds. The Kier molecular flexibility index (Phi) is 5.70. The van der Waals surface area contributed by atoms with Crippen LogP contribution in [-0.4, -0.2) is 33.8 Å². The summed E-state index contributed by atoms with van der Waals surface area (Å²) >= 11 is 6.01. The van der Waals surface area contributed by atoms with Crippen LogP contribution < -0.4 is 10.4 Å². The highest BCUT2D eigenvalue weighted by Crippen LogP contribution is 2.24. The van der Waals surface area contributed by atoms with E-state index in [1.165, 1.54) is 6.42 Å². The molecule has 1 aromatic heterocycles. The van der Waals surface area contributed by atoms with Gasteiger partial charge in [-0.05, 0) is 79.3 Å². The minimum absolute atomic E-state index is 0.0231. The Bertz CT molecular complexity index is 1070. The van der Waals surface area contributed by atoms with Gasteiger partial charge in [0, 0.05) is 22.7 Å². The van der Waals surface area contributed by atoms with Crippen LogP contribution in [0.4, 0.5) is 0 Å². The normalized spacial score (nSPS) is 17.9. The van der Waals surface area contributed by atoms with E-state index in [4.69, 9.17) is 11.6 Å². The van der Waals surface area contributed by atoms with Gasteiger partial charge in [0.1, 0.15) is 5.52 Å². The monoisotopic (exact) mass is 411 g/mol. The average molecular weight is 412 g/mol. The number of halogens is 1. The van der Waals surface area contributed by atoms with Crippen LogP contribution >= 0.6 is 11.6 Å². The molecule has 1 aliphatic rings. The third-order valence-corrected chi connectivity index (χ3v) is 6.20. The van der Waals surface area contributed by atoms with Gasteiger partial charge in [0.15, 0.2) is 7.05 Å². The number of hydrogen-bond donors (Lipinski definition) is 0. The van der Waals surface area contributed by atoms with Crippen molar-refractivity contribution < 1.29 is 4.80 Å². The first-order valence-corrected chi connectivity index (χ1v) is 10.7. The van der Waals surface area contributed by atoms with Crippen LogP contribution in [0.3, 0.4) is 0 Å². The van der Waals surface area contributed by atoms with E-state index in [-0.39, 0.29) is 5.56 Å². The SMILES string of the molecule is CC(C)N1CCC[C@H](Cn2c(=O)c3cc(-c4ccc(Cl)cc4)ccc3n[n+]2C)C1. The molecule has 4 rings (SSSR count). The second-order valence-electron chi connectivity index (χ2n) is 8.31. The molecule has 0 saturated carbocycles. The number of rotatable bonds is 4. The van der Waals surface area contributed by atoms with Crippen LogP contribution in [0.2, 0.25) is 5.02 Å². The van der Waals surface area contributed by atoms with Crippen LogP contribution in [0.25, 0.3) is 22.0 Å². The van der Waals surface area contributed by atoms with Gasteiger partial charge in [0.2, 0.25) is 0 Å². The Morgan fingerprint density at radius 3 is 2.62 bits per heavy atom. The van der Waals surface area contributed by atoms with Crippen molar-refractivity contribution in [1.82, 2.24) is 14.7 Å². The maximum Gasteiger partial charge on any atom is 0.312 e. The molecule has 3 aromatic rings. The molecule has 0 aliphatic carbocycles. The van der Waals surface area contributed by atoms with E-state index < -0.39 is 0 Å². The van der Waals surface area contributed by atoms with Crippen LogP contribution in [0, 0.1) is 5.92 Å². The zero-order valence-corrected chi connectivity index (χ0v) is 18.1. The first-order chi connectivity index (χ1) is 13.9. The standard InChI is InChI=1S/C23H28ClN4O/c1-16(2)27-12-4-5-17(14-27)15-28-23(29)21-13-19(8-11-22(21)25-26(28)3)18-6-9-20(24)10-7-18/h6-11,13,16-17H,4-5,12,14-15H2,1-3H3/q+1/t17-/m0/s1. The molecule has 0 spiro atoms. The number of fused-ring (bicyclic) bond motifs is 1. The Morgan fingerprint density at radius 2 is 1.90 bits per heavy atom. The van der Waals surface area contributed by atoms with E-state index >= 15 is 0 Å². The highest BCUT2D eigenvalue weighted by Gasteiger charge is 2.25. The summed E-state index contributed by atoms with van der Waals surface area (Å²) in [6, 6.07) is 14.1. The topological polar surface area (TPSA) is 42.0 Å². The van der Waals surface area contributed by atoms with Gasteiger partial charge in [-0.15, -0.1) is 0 Å². The van der Waals surface area contributed by atoms with Crippen molar-refractivity contribution in [1.29, 1.82) is 0 Å². The number of hydrogen-bond acceptors (Lipinski definition) is 3. The van der Waals surface area contributed by atoms with E-state index in [2.05, 4.69) is 23.8 Å². The van der Waals surface area contributed by atoms with Gasteiger partial charge in [-0.25, -0.2) is 0 Å². The van der Waals surface area contributed by atoms with Gasteiger partial charge >= 0.3 is 5.56 Å². The second-order valence-corrected chi connectivity index (χ2v) is 8.75. The van der Waals surface area contributed by atoms with Crippen LogP contribution in [0.5, 0.6) is 0 Å². The minimum atomic E-state index is 0.0231. The van der Waals surface area contributed by atoms with Crippen molar-refractivity contribution >= 4 is 22.5 Å². The lowest BCUT2D eigenvalue weighted by molar-refractivity contribution is -0.810. The minimum Gasteiger partial charge on any atom is -0.301 e. The van der Waals surface area contributed by atoms with Crippen molar-refractivity contribution in [3.63, 3.8) is 0 Å². The van der Waals surface area contributed by atoms with E-state index in [1.807, 2.05) is 49.5 Å². The summed E-state index contributed by atoms with van der Waals surface area (Å²) in [4.78, 5) is 17.6. The fourth-order valence-corrected chi connectivity index (χ4v) is 4.38. The molecule has 2 aromatic carbocycles. The summed E-state index contributed by atoms with van der Waals surface area (Å²) in [5.41, 5.74) is 2.78. The van der Waals surface area contributed by atoms with Crippen molar-refractivity contribution in [2.75, 3.05) is 13.1 Å². The predicted molar refractivity (Wildman–Crippen MR) is 117 cm³/mol. The highest BCUT2D eigenvalue weighted by atomic mass is 35.5. The number of aromatic nitrogens is 3. The van der Waals surface area contributed by atoms with Crippen LogP contribution in [0.15, 0.2) is 47.3 Å². The van der Waals surface area contributed by atoms with Crippen LogP contribution in [0.1, 0.15) is 26.7 Å². The summed E-state index contributed by atoms with van der Waals surface area (Å²) < 4.78 is 1.79. The third kappa shape index (κ3) is 4.21.